The molecule has 0 bridgehead atoms. The van der Waals surface area contributed by atoms with Crippen LogP contribution in [-0.2, 0) is 9.53 Å². The van der Waals surface area contributed by atoms with Gasteiger partial charge in [0.2, 0.25) is 0 Å². The number of amides is 1. The van der Waals surface area contributed by atoms with Gasteiger partial charge in [-0.1, -0.05) is 53.5 Å². The average molecular weight is 374 g/mol. The van der Waals surface area contributed by atoms with Crippen LogP contribution in [0.3, 0.4) is 0 Å². The van der Waals surface area contributed by atoms with Gasteiger partial charge in [0.25, 0.3) is 5.91 Å². The Kier molecular flexibility index (Phi) is 5.22. The maximum atomic E-state index is 12.0. The normalized spacial score (nSPS) is 10.5. The van der Waals surface area contributed by atoms with Crippen molar-refractivity contribution >= 4 is 51.5 Å². The second-order valence-electron chi connectivity index (χ2n) is 5.31. The van der Waals surface area contributed by atoms with Crippen molar-refractivity contribution in [2.75, 3.05) is 11.9 Å². The summed E-state index contributed by atoms with van der Waals surface area (Å²) in [6.45, 7) is -0.422. The summed E-state index contributed by atoms with van der Waals surface area (Å²) in [7, 11) is 0. The SMILES string of the molecule is O=C(COC(=O)c1cc(Cl)ccc1Cl)Nc1ccc2ccccc2c1. The number of anilines is 1. The van der Waals surface area contributed by atoms with Crippen molar-refractivity contribution in [3.05, 3.63) is 76.3 Å². The Morgan fingerprint density at radius 1 is 0.920 bits per heavy atom. The van der Waals surface area contributed by atoms with Gasteiger partial charge in [0.05, 0.1) is 10.6 Å². The molecule has 3 rings (SSSR count). The largest absolute Gasteiger partial charge is 0.452 e. The van der Waals surface area contributed by atoms with Crippen molar-refractivity contribution < 1.29 is 14.3 Å². The van der Waals surface area contributed by atoms with Gasteiger partial charge in [-0.3, -0.25) is 4.79 Å². The van der Waals surface area contributed by atoms with Crippen LogP contribution in [0.1, 0.15) is 10.4 Å². The van der Waals surface area contributed by atoms with Crippen molar-refractivity contribution in [2.45, 2.75) is 0 Å². The van der Waals surface area contributed by atoms with E-state index in [-0.39, 0.29) is 10.6 Å². The molecule has 1 amide bonds. The van der Waals surface area contributed by atoms with Crippen molar-refractivity contribution in [3.63, 3.8) is 0 Å². The lowest BCUT2D eigenvalue weighted by Crippen LogP contribution is -2.21. The average Bonchev–Trinajstić information content (AvgIpc) is 2.61. The molecule has 25 heavy (non-hydrogen) atoms. The van der Waals surface area contributed by atoms with E-state index in [4.69, 9.17) is 27.9 Å². The van der Waals surface area contributed by atoms with Gasteiger partial charge in [-0.15, -0.1) is 0 Å². The van der Waals surface area contributed by atoms with Crippen LogP contribution in [0.5, 0.6) is 0 Å². The molecule has 0 saturated carbocycles. The van der Waals surface area contributed by atoms with Gasteiger partial charge in [-0.2, -0.15) is 0 Å². The first kappa shape index (κ1) is 17.3. The summed E-state index contributed by atoms with van der Waals surface area (Å²) in [5.41, 5.74) is 0.744. The Morgan fingerprint density at radius 2 is 1.68 bits per heavy atom. The Hall–Kier alpha value is -2.56. The summed E-state index contributed by atoms with van der Waals surface area (Å²) in [5, 5.41) is 5.34. The first-order chi connectivity index (χ1) is 12.0. The van der Waals surface area contributed by atoms with Crippen LogP contribution >= 0.6 is 23.2 Å². The molecular weight excluding hydrogens is 361 g/mol. The van der Waals surface area contributed by atoms with E-state index in [1.165, 1.54) is 12.1 Å². The second kappa shape index (κ2) is 7.55. The molecule has 0 fully saturated rings. The molecule has 0 radical (unpaired) electrons. The van der Waals surface area contributed by atoms with Crippen LogP contribution in [-0.4, -0.2) is 18.5 Å². The van der Waals surface area contributed by atoms with Gasteiger partial charge in [0.15, 0.2) is 6.61 Å². The summed E-state index contributed by atoms with van der Waals surface area (Å²) < 4.78 is 4.99. The first-order valence-electron chi connectivity index (χ1n) is 7.44. The maximum Gasteiger partial charge on any atom is 0.340 e. The number of carbonyl (C=O) groups excluding carboxylic acids is 2. The van der Waals surface area contributed by atoms with Gasteiger partial charge in [-0.05, 0) is 41.1 Å². The molecule has 0 heterocycles. The predicted molar refractivity (Wildman–Crippen MR) is 99.3 cm³/mol. The molecule has 6 heteroatoms. The fraction of sp³-hybridized carbons (Fsp3) is 0.0526. The summed E-state index contributed by atoms with van der Waals surface area (Å²) in [4.78, 5) is 24.0. The monoisotopic (exact) mass is 373 g/mol. The quantitative estimate of drug-likeness (QED) is 0.658. The molecule has 1 N–H and O–H groups in total. The number of fused-ring (bicyclic) bond motifs is 1. The standard InChI is InChI=1S/C19H13Cl2NO3/c20-14-6-8-17(21)16(10-14)19(24)25-11-18(23)22-15-7-5-12-3-1-2-4-13(12)9-15/h1-10H,11H2,(H,22,23). The van der Waals surface area contributed by atoms with Crippen molar-refractivity contribution in [1.29, 1.82) is 0 Å². The zero-order valence-electron chi connectivity index (χ0n) is 13.0. The Balaban J connectivity index is 1.62. The van der Waals surface area contributed by atoms with E-state index in [0.29, 0.717) is 10.7 Å². The third-order valence-corrected chi connectivity index (χ3v) is 4.08. The molecular formula is C19H13Cl2NO3. The molecule has 0 atom stereocenters. The lowest BCUT2D eigenvalue weighted by molar-refractivity contribution is -0.119. The van der Waals surface area contributed by atoms with E-state index in [1.807, 2.05) is 36.4 Å². The fourth-order valence-corrected chi connectivity index (χ4v) is 2.69. The Bertz CT molecular complexity index is 956. The number of hydrogen-bond donors (Lipinski definition) is 1. The van der Waals surface area contributed by atoms with Gasteiger partial charge in [-0.25, -0.2) is 4.79 Å². The highest BCUT2D eigenvalue weighted by Gasteiger charge is 2.14. The Morgan fingerprint density at radius 3 is 2.48 bits per heavy atom. The molecule has 126 valence electrons. The van der Waals surface area contributed by atoms with Crippen LogP contribution in [0.2, 0.25) is 10.0 Å². The van der Waals surface area contributed by atoms with Crippen molar-refractivity contribution in [1.82, 2.24) is 0 Å². The number of benzene rings is 3. The number of halogens is 2. The molecule has 0 aliphatic rings. The third-order valence-electron chi connectivity index (χ3n) is 3.52. The van der Waals surface area contributed by atoms with Crippen LogP contribution in [0, 0.1) is 0 Å². The van der Waals surface area contributed by atoms with Crippen molar-refractivity contribution in [3.8, 4) is 0 Å². The topological polar surface area (TPSA) is 55.4 Å². The van der Waals surface area contributed by atoms with Gasteiger partial charge < -0.3 is 10.1 Å². The minimum atomic E-state index is -0.707. The van der Waals surface area contributed by atoms with Gasteiger partial charge >= 0.3 is 5.97 Å². The van der Waals surface area contributed by atoms with Crippen molar-refractivity contribution in [2.24, 2.45) is 0 Å². The zero-order chi connectivity index (χ0) is 17.8. The van der Waals surface area contributed by atoms with E-state index < -0.39 is 18.5 Å². The molecule has 0 aromatic heterocycles. The minimum absolute atomic E-state index is 0.118. The number of ether oxygens (including phenoxy) is 1. The summed E-state index contributed by atoms with van der Waals surface area (Å²) in [6, 6.07) is 17.8. The molecule has 0 saturated heterocycles. The van der Waals surface area contributed by atoms with E-state index in [0.717, 1.165) is 10.8 Å². The third kappa shape index (κ3) is 4.29. The highest BCUT2D eigenvalue weighted by atomic mass is 35.5. The van der Waals surface area contributed by atoms with Crippen LogP contribution in [0.15, 0.2) is 60.7 Å². The molecule has 0 aliphatic heterocycles. The summed E-state index contributed by atoms with van der Waals surface area (Å²) in [5.74, 6) is -1.15. The highest BCUT2D eigenvalue weighted by molar-refractivity contribution is 6.35. The zero-order valence-corrected chi connectivity index (χ0v) is 14.5. The number of carbonyl (C=O) groups is 2. The molecule has 0 spiro atoms. The first-order valence-corrected chi connectivity index (χ1v) is 8.19. The summed E-state index contributed by atoms with van der Waals surface area (Å²) in [6.07, 6.45) is 0. The number of rotatable bonds is 4. The lowest BCUT2D eigenvalue weighted by atomic mass is 10.1. The second-order valence-corrected chi connectivity index (χ2v) is 6.15. The minimum Gasteiger partial charge on any atom is -0.452 e. The maximum absolute atomic E-state index is 12.0. The summed E-state index contributed by atoms with van der Waals surface area (Å²) >= 11 is 11.8. The van der Waals surface area contributed by atoms with Gasteiger partial charge in [0, 0.05) is 10.7 Å². The number of esters is 1. The van der Waals surface area contributed by atoms with Crippen LogP contribution in [0.25, 0.3) is 10.8 Å². The molecule has 0 aliphatic carbocycles. The number of hydrogen-bond acceptors (Lipinski definition) is 3. The van der Waals surface area contributed by atoms with Crippen LogP contribution < -0.4 is 5.32 Å². The van der Waals surface area contributed by atoms with E-state index in [2.05, 4.69) is 5.32 Å². The van der Waals surface area contributed by atoms with Gasteiger partial charge in [0.1, 0.15) is 0 Å². The fourth-order valence-electron chi connectivity index (χ4n) is 2.33. The predicted octanol–water partition coefficient (Wildman–Crippen LogP) is 4.94. The van der Waals surface area contributed by atoms with E-state index in [9.17, 15) is 9.59 Å². The molecule has 3 aromatic rings. The molecule has 0 unspecified atom stereocenters. The Labute approximate surface area is 154 Å². The molecule has 4 nitrogen and oxygen atoms in total. The van der Waals surface area contributed by atoms with Crippen LogP contribution in [0.4, 0.5) is 5.69 Å². The smallest absolute Gasteiger partial charge is 0.340 e. The van der Waals surface area contributed by atoms with E-state index in [1.54, 1.807) is 12.1 Å². The number of nitrogens with one attached hydrogen (secondary N) is 1. The highest BCUT2D eigenvalue weighted by Crippen LogP contribution is 2.22. The molecule has 3 aromatic carbocycles. The lowest BCUT2D eigenvalue weighted by Gasteiger charge is -2.08. The van der Waals surface area contributed by atoms with E-state index >= 15 is 0 Å².